The van der Waals surface area contributed by atoms with Crippen molar-refractivity contribution >= 4 is 32.8 Å². The zero-order chi connectivity index (χ0) is 16.6. The number of nitrogens with zero attached hydrogens (tertiary/aromatic N) is 1. The topological polar surface area (TPSA) is 70.4 Å². The molecule has 0 radical (unpaired) electrons. The van der Waals surface area contributed by atoms with E-state index in [2.05, 4.69) is 20.9 Å². The van der Waals surface area contributed by atoms with Gasteiger partial charge in [-0.3, -0.25) is 0 Å². The summed E-state index contributed by atoms with van der Waals surface area (Å²) in [7, 11) is 0. The summed E-state index contributed by atoms with van der Waals surface area (Å²) < 4.78 is 0.937. The minimum Gasteiger partial charge on any atom is -0.478 e. The summed E-state index contributed by atoms with van der Waals surface area (Å²) in [6.07, 6.45) is 0. The van der Waals surface area contributed by atoms with Crippen LogP contribution in [0.3, 0.4) is 0 Å². The van der Waals surface area contributed by atoms with Crippen LogP contribution in [0.15, 0.2) is 46.9 Å². The first-order valence-corrected chi connectivity index (χ1v) is 7.83. The van der Waals surface area contributed by atoms with E-state index < -0.39 is 5.97 Å². The number of benzene rings is 2. The van der Waals surface area contributed by atoms with Gasteiger partial charge in [0.15, 0.2) is 0 Å². The first kappa shape index (κ1) is 15.6. The van der Waals surface area contributed by atoms with E-state index in [9.17, 15) is 15.0 Å². The van der Waals surface area contributed by atoms with Gasteiger partial charge in [0.25, 0.3) is 0 Å². The molecule has 4 nitrogen and oxygen atoms in total. The van der Waals surface area contributed by atoms with Gasteiger partial charge in [-0.25, -0.2) is 9.78 Å². The fourth-order valence-corrected chi connectivity index (χ4v) is 2.89. The standard InChI is InChI=1S/C18H14BrNO3/c1-10-6-12(9-21)17-14(7-10)15(18(22)23)8-16(20-17)11-2-4-13(19)5-3-11/h2-8,21H,9H2,1H3,(H,22,23). The van der Waals surface area contributed by atoms with E-state index >= 15 is 0 Å². The Morgan fingerprint density at radius 1 is 1.17 bits per heavy atom. The molecular weight excluding hydrogens is 358 g/mol. The number of aliphatic hydroxyl groups excluding tert-OH is 1. The number of carboxylic acid groups (broad SMARTS) is 1. The normalized spacial score (nSPS) is 10.9. The predicted molar refractivity (Wildman–Crippen MR) is 92.5 cm³/mol. The number of aromatic carboxylic acids is 1. The number of carbonyl (C=O) groups is 1. The summed E-state index contributed by atoms with van der Waals surface area (Å²) in [5.41, 5.74) is 3.62. The molecule has 3 rings (SSSR count). The van der Waals surface area contributed by atoms with E-state index in [-0.39, 0.29) is 12.2 Å². The number of halogens is 1. The molecule has 1 aromatic heterocycles. The zero-order valence-electron chi connectivity index (χ0n) is 12.4. The maximum absolute atomic E-state index is 11.7. The van der Waals surface area contributed by atoms with Gasteiger partial charge in [0, 0.05) is 21.0 Å². The van der Waals surface area contributed by atoms with Crippen molar-refractivity contribution in [1.29, 1.82) is 0 Å². The van der Waals surface area contributed by atoms with Crippen LogP contribution in [0.5, 0.6) is 0 Å². The van der Waals surface area contributed by atoms with Crippen molar-refractivity contribution in [3.8, 4) is 11.3 Å². The molecule has 116 valence electrons. The van der Waals surface area contributed by atoms with Gasteiger partial charge in [-0.05, 0) is 36.8 Å². The first-order valence-electron chi connectivity index (χ1n) is 7.04. The van der Waals surface area contributed by atoms with Crippen LogP contribution >= 0.6 is 15.9 Å². The van der Waals surface area contributed by atoms with E-state index in [0.717, 1.165) is 15.6 Å². The van der Waals surface area contributed by atoms with Gasteiger partial charge in [-0.1, -0.05) is 34.1 Å². The van der Waals surface area contributed by atoms with Gasteiger partial charge >= 0.3 is 5.97 Å². The summed E-state index contributed by atoms with van der Waals surface area (Å²) >= 11 is 3.38. The molecule has 23 heavy (non-hydrogen) atoms. The third-order valence-electron chi connectivity index (χ3n) is 3.68. The average Bonchev–Trinajstić information content (AvgIpc) is 2.53. The van der Waals surface area contributed by atoms with Crippen molar-refractivity contribution in [3.05, 3.63) is 63.6 Å². The Morgan fingerprint density at radius 2 is 1.87 bits per heavy atom. The van der Waals surface area contributed by atoms with Crippen LogP contribution in [0.25, 0.3) is 22.2 Å². The monoisotopic (exact) mass is 371 g/mol. The Balaban J connectivity index is 2.35. The number of aromatic nitrogens is 1. The third kappa shape index (κ3) is 2.98. The number of hydrogen-bond acceptors (Lipinski definition) is 3. The molecule has 0 aliphatic rings. The number of aryl methyl sites for hydroxylation is 1. The lowest BCUT2D eigenvalue weighted by Gasteiger charge is -2.11. The van der Waals surface area contributed by atoms with Crippen molar-refractivity contribution in [3.63, 3.8) is 0 Å². The van der Waals surface area contributed by atoms with E-state index in [0.29, 0.717) is 22.2 Å². The van der Waals surface area contributed by atoms with Crippen LogP contribution in [-0.4, -0.2) is 21.2 Å². The smallest absolute Gasteiger partial charge is 0.336 e. The fourth-order valence-electron chi connectivity index (χ4n) is 2.62. The van der Waals surface area contributed by atoms with E-state index in [4.69, 9.17) is 0 Å². The maximum Gasteiger partial charge on any atom is 0.336 e. The minimum atomic E-state index is -1.01. The third-order valence-corrected chi connectivity index (χ3v) is 4.21. The Bertz CT molecular complexity index is 904. The summed E-state index contributed by atoms with van der Waals surface area (Å²) in [6.45, 7) is 1.68. The van der Waals surface area contributed by atoms with Gasteiger partial charge in [0.05, 0.1) is 23.4 Å². The molecule has 2 N–H and O–H groups in total. The van der Waals surface area contributed by atoms with Crippen molar-refractivity contribution in [2.24, 2.45) is 0 Å². The second-order valence-corrected chi connectivity index (χ2v) is 6.26. The Labute approximate surface area is 141 Å². The molecule has 0 amide bonds. The van der Waals surface area contributed by atoms with Crippen molar-refractivity contribution in [2.45, 2.75) is 13.5 Å². The molecule has 0 saturated carbocycles. The molecule has 0 bridgehead atoms. The molecule has 0 saturated heterocycles. The van der Waals surface area contributed by atoms with Crippen LogP contribution in [0.1, 0.15) is 21.5 Å². The van der Waals surface area contributed by atoms with Gasteiger partial charge in [0.1, 0.15) is 0 Å². The first-order chi connectivity index (χ1) is 11.0. The molecule has 0 aliphatic heterocycles. The highest BCUT2D eigenvalue weighted by molar-refractivity contribution is 9.10. The second kappa shape index (κ2) is 6.10. The van der Waals surface area contributed by atoms with Crippen LogP contribution in [0.2, 0.25) is 0 Å². The van der Waals surface area contributed by atoms with Crippen LogP contribution in [-0.2, 0) is 6.61 Å². The van der Waals surface area contributed by atoms with E-state index in [1.807, 2.05) is 37.3 Å². The zero-order valence-corrected chi connectivity index (χ0v) is 14.0. The molecule has 2 aromatic carbocycles. The Kier molecular flexibility index (Phi) is 4.15. The van der Waals surface area contributed by atoms with Crippen LogP contribution in [0.4, 0.5) is 0 Å². The van der Waals surface area contributed by atoms with Gasteiger partial charge in [-0.2, -0.15) is 0 Å². The Morgan fingerprint density at radius 3 is 2.48 bits per heavy atom. The number of carboxylic acids is 1. The van der Waals surface area contributed by atoms with Gasteiger partial charge in [-0.15, -0.1) is 0 Å². The largest absolute Gasteiger partial charge is 0.478 e. The highest BCUT2D eigenvalue weighted by atomic mass is 79.9. The van der Waals surface area contributed by atoms with Crippen LogP contribution < -0.4 is 0 Å². The molecule has 0 spiro atoms. The predicted octanol–water partition coefficient (Wildman–Crippen LogP) is 4.16. The van der Waals surface area contributed by atoms with Gasteiger partial charge < -0.3 is 10.2 Å². The molecule has 0 aliphatic carbocycles. The molecule has 5 heteroatoms. The van der Waals surface area contributed by atoms with Crippen molar-refractivity contribution in [2.75, 3.05) is 0 Å². The number of aliphatic hydroxyl groups is 1. The van der Waals surface area contributed by atoms with E-state index in [1.165, 1.54) is 0 Å². The summed E-state index contributed by atoms with van der Waals surface area (Å²) in [6, 6.07) is 12.7. The number of rotatable bonds is 3. The summed E-state index contributed by atoms with van der Waals surface area (Å²) in [4.78, 5) is 16.3. The average molecular weight is 372 g/mol. The number of pyridine rings is 1. The molecule has 1 heterocycles. The lowest BCUT2D eigenvalue weighted by molar-refractivity contribution is 0.0699. The second-order valence-electron chi connectivity index (χ2n) is 5.35. The lowest BCUT2D eigenvalue weighted by Crippen LogP contribution is -2.02. The molecule has 0 atom stereocenters. The van der Waals surface area contributed by atoms with Crippen molar-refractivity contribution in [1.82, 2.24) is 4.98 Å². The summed E-state index contributed by atoms with van der Waals surface area (Å²) in [5.74, 6) is -1.01. The quantitative estimate of drug-likeness (QED) is 0.724. The summed E-state index contributed by atoms with van der Waals surface area (Å²) in [5, 5.41) is 19.7. The highest BCUT2D eigenvalue weighted by Gasteiger charge is 2.15. The number of fused-ring (bicyclic) bond motifs is 1. The van der Waals surface area contributed by atoms with Gasteiger partial charge in [0.2, 0.25) is 0 Å². The maximum atomic E-state index is 11.7. The van der Waals surface area contributed by atoms with E-state index in [1.54, 1.807) is 12.1 Å². The molecule has 0 unspecified atom stereocenters. The Hall–Kier alpha value is -2.24. The highest BCUT2D eigenvalue weighted by Crippen LogP contribution is 2.29. The van der Waals surface area contributed by atoms with Crippen LogP contribution in [0, 0.1) is 6.92 Å². The van der Waals surface area contributed by atoms with Crippen molar-refractivity contribution < 1.29 is 15.0 Å². The molecular formula is C18H14BrNO3. The SMILES string of the molecule is Cc1cc(CO)c2nc(-c3ccc(Br)cc3)cc(C(=O)O)c2c1. The number of hydrogen-bond donors (Lipinski definition) is 2. The molecule has 3 aromatic rings. The lowest BCUT2D eigenvalue weighted by atomic mass is 9.99. The fraction of sp³-hybridized carbons (Fsp3) is 0.111. The molecule has 0 fully saturated rings. The minimum absolute atomic E-state index is 0.186.